The predicted molar refractivity (Wildman–Crippen MR) is 97.7 cm³/mol. The maximum Gasteiger partial charge on any atom is 0.326 e. The Hall–Kier alpha value is -2.61. The molecule has 1 heterocycles. The minimum absolute atomic E-state index is 0.0986. The zero-order valence-electron chi connectivity index (χ0n) is 15.6. The molecule has 1 saturated heterocycles. The highest BCUT2D eigenvalue weighted by Crippen LogP contribution is 2.19. The van der Waals surface area contributed by atoms with Crippen LogP contribution in [-0.2, 0) is 14.3 Å². The summed E-state index contributed by atoms with van der Waals surface area (Å²) in [5, 5.41) is 11.8. The zero-order valence-corrected chi connectivity index (χ0v) is 15.6. The van der Waals surface area contributed by atoms with Gasteiger partial charge in [-0.15, -0.1) is 0 Å². The topological polar surface area (TPSA) is 105 Å². The molecule has 148 valence electrons. The van der Waals surface area contributed by atoms with E-state index in [1.54, 1.807) is 24.3 Å². The molecule has 1 fully saturated rings. The molecule has 8 nitrogen and oxygen atoms in total. The number of aliphatic carboxylic acids is 1. The van der Waals surface area contributed by atoms with Crippen LogP contribution in [0.1, 0.15) is 37.0 Å². The average molecular weight is 378 g/mol. The molecule has 1 aromatic rings. The molecule has 8 heteroatoms. The summed E-state index contributed by atoms with van der Waals surface area (Å²) in [7, 11) is 0. The van der Waals surface area contributed by atoms with Gasteiger partial charge < -0.3 is 24.8 Å². The van der Waals surface area contributed by atoms with Crippen LogP contribution in [0, 0.1) is 0 Å². The lowest BCUT2D eigenvalue weighted by Gasteiger charge is -2.27. The molecule has 0 bridgehead atoms. The number of amides is 2. The number of hydrogen-bond donors (Lipinski definition) is 2. The van der Waals surface area contributed by atoms with Gasteiger partial charge in [-0.3, -0.25) is 9.59 Å². The zero-order chi connectivity index (χ0) is 19.8. The van der Waals surface area contributed by atoms with Crippen molar-refractivity contribution in [2.24, 2.45) is 0 Å². The Bertz CT molecular complexity index is 655. The molecule has 1 atom stereocenters. The number of carboxylic acids is 1. The molecule has 1 aliphatic heterocycles. The van der Waals surface area contributed by atoms with Crippen molar-refractivity contribution in [3.63, 3.8) is 0 Å². The monoisotopic (exact) mass is 378 g/mol. The lowest BCUT2D eigenvalue weighted by molar-refractivity contribution is -0.141. The van der Waals surface area contributed by atoms with Crippen LogP contribution < -0.4 is 10.1 Å². The summed E-state index contributed by atoms with van der Waals surface area (Å²) in [5.74, 6) is -1.09. The minimum Gasteiger partial charge on any atom is -0.490 e. The van der Waals surface area contributed by atoms with E-state index in [1.165, 1.54) is 18.7 Å². The first-order valence-electron chi connectivity index (χ1n) is 9.01. The molecule has 27 heavy (non-hydrogen) atoms. The summed E-state index contributed by atoms with van der Waals surface area (Å²) in [5.41, 5.74) is 0.366. The van der Waals surface area contributed by atoms with Crippen LogP contribution in [0.5, 0.6) is 5.75 Å². The number of carboxylic acid groups (broad SMARTS) is 1. The number of hydrogen-bond acceptors (Lipinski definition) is 5. The number of carbonyl (C=O) groups is 3. The van der Waals surface area contributed by atoms with Crippen LogP contribution >= 0.6 is 0 Å². The van der Waals surface area contributed by atoms with E-state index in [0.717, 1.165) is 12.8 Å². The largest absolute Gasteiger partial charge is 0.490 e. The molecule has 2 amide bonds. The SMILES string of the molecule is CC(=O)NCCN(C(=O)c1ccc(OC2CCOCC2)cc1)C(C)C(=O)O. The fraction of sp³-hybridized carbons (Fsp3) is 0.526. The van der Waals surface area contributed by atoms with E-state index in [9.17, 15) is 19.5 Å². The minimum atomic E-state index is -1.11. The quantitative estimate of drug-likeness (QED) is 0.706. The Morgan fingerprint density at radius 3 is 2.44 bits per heavy atom. The van der Waals surface area contributed by atoms with Crippen LogP contribution in [0.25, 0.3) is 0 Å². The van der Waals surface area contributed by atoms with Crippen molar-refractivity contribution in [3.05, 3.63) is 29.8 Å². The van der Waals surface area contributed by atoms with Gasteiger partial charge in [0, 0.05) is 38.4 Å². The van der Waals surface area contributed by atoms with Gasteiger partial charge in [0.15, 0.2) is 0 Å². The highest BCUT2D eigenvalue weighted by Gasteiger charge is 2.26. The fourth-order valence-corrected chi connectivity index (χ4v) is 2.78. The lowest BCUT2D eigenvalue weighted by atomic mass is 10.1. The molecule has 0 radical (unpaired) electrons. The first-order valence-corrected chi connectivity index (χ1v) is 9.01. The summed E-state index contributed by atoms with van der Waals surface area (Å²) < 4.78 is 11.2. The second-order valence-electron chi connectivity index (χ2n) is 6.45. The van der Waals surface area contributed by atoms with E-state index in [1.807, 2.05) is 0 Å². The second kappa shape index (κ2) is 9.91. The van der Waals surface area contributed by atoms with E-state index in [-0.39, 0.29) is 25.1 Å². The first kappa shape index (κ1) is 20.7. The number of benzene rings is 1. The Labute approximate surface area is 158 Å². The third-order valence-corrected chi connectivity index (χ3v) is 4.38. The van der Waals surface area contributed by atoms with Crippen molar-refractivity contribution in [1.82, 2.24) is 10.2 Å². The van der Waals surface area contributed by atoms with Gasteiger partial charge in [-0.1, -0.05) is 0 Å². The summed E-state index contributed by atoms with van der Waals surface area (Å²) >= 11 is 0. The van der Waals surface area contributed by atoms with Crippen LogP contribution in [0.15, 0.2) is 24.3 Å². The van der Waals surface area contributed by atoms with E-state index in [2.05, 4.69) is 5.32 Å². The van der Waals surface area contributed by atoms with Crippen molar-refractivity contribution in [3.8, 4) is 5.75 Å². The fourth-order valence-electron chi connectivity index (χ4n) is 2.78. The van der Waals surface area contributed by atoms with E-state index in [0.29, 0.717) is 24.5 Å². The Kier molecular flexibility index (Phi) is 7.60. The third kappa shape index (κ3) is 6.25. The molecule has 1 unspecified atom stereocenters. The van der Waals surface area contributed by atoms with Gasteiger partial charge in [-0.2, -0.15) is 0 Å². The number of nitrogens with zero attached hydrogens (tertiary/aromatic N) is 1. The molecule has 1 aliphatic rings. The highest BCUT2D eigenvalue weighted by atomic mass is 16.5. The number of nitrogens with one attached hydrogen (secondary N) is 1. The second-order valence-corrected chi connectivity index (χ2v) is 6.45. The van der Waals surface area contributed by atoms with Gasteiger partial charge in [-0.25, -0.2) is 4.79 Å². The molecule has 2 N–H and O–H groups in total. The molecular weight excluding hydrogens is 352 g/mol. The summed E-state index contributed by atoms with van der Waals surface area (Å²) in [6.45, 7) is 4.45. The molecular formula is C19H26N2O6. The van der Waals surface area contributed by atoms with Crippen LogP contribution in [-0.4, -0.2) is 66.2 Å². The number of carbonyl (C=O) groups excluding carboxylic acids is 2. The summed E-state index contributed by atoms with van der Waals surface area (Å²) in [4.78, 5) is 36.3. The smallest absolute Gasteiger partial charge is 0.326 e. The van der Waals surface area contributed by atoms with Crippen LogP contribution in [0.3, 0.4) is 0 Å². The summed E-state index contributed by atoms with van der Waals surface area (Å²) in [6, 6.07) is 5.65. The highest BCUT2D eigenvalue weighted by molar-refractivity contribution is 5.96. The third-order valence-electron chi connectivity index (χ3n) is 4.38. The van der Waals surface area contributed by atoms with Crippen LogP contribution in [0.2, 0.25) is 0 Å². The number of rotatable bonds is 8. The lowest BCUT2D eigenvalue weighted by Crippen LogP contribution is -2.46. The average Bonchev–Trinajstić information content (AvgIpc) is 2.65. The van der Waals surface area contributed by atoms with Gasteiger partial charge in [-0.05, 0) is 31.2 Å². The normalized spacial score (nSPS) is 15.6. The maximum absolute atomic E-state index is 12.8. The molecule has 0 spiro atoms. The molecule has 2 rings (SSSR count). The van der Waals surface area contributed by atoms with Crippen molar-refractivity contribution < 1.29 is 29.0 Å². The molecule has 0 saturated carbocycles. The Morgan fingerprint density at radius 2 is 1.89 bits per heavy atom. The van der Waals surface area contributed by atoms with E-state index in [4.69, 9.17) is 9.47 Å². The Balaban J connectivity index is 2.04. The number of ether oxygens (including phenoxy) is 2. The van der Waals surface area contributed by atoms with Crippen molar-refractivity contribution in [1.29, 1.82) is 0 Å². The Morgan fingerprint density at radius 1 is 1.26 bits per heavy atom. The summed E-state index contributed by atoms with van der Waals surface area (Å²) in [6.07, 6.45) is 1.75. The van der Waals surface area contributed by atoms with Gasteiger partial charge in [0.25, 0.3) is 5.91 Å². The predicted octanol–water partition coefficient (Wildman–Crippen LogP) is 1.30. The molecule has 0 aliphatic carbocycles. The van der Waals surface area contributed by atoms with Crippen molar-refractivity contribution in [2.45, 2.75) is 38.8 Å². The van der Waals surface area contributed by atoms with Gasteiger partial charge in [0.1, 0.15) is 17.9 Å². The molecule has 1 aromatic carbocycles. The van der Waals surface area contributed by atoms with Crippen LogP contribution in [0.4, 0.5) is 0 Å². The standard InChI is InChI=1S/C19H26N2O6/c1-13(19(24)25)21(10-9-20-14(2)22)18(23)15-3-5-16(6-4-15)27-17-7-11-26-12-8-17/h3-6,13,17H,7-12H2,1-2H3,(H,20,22)(H,24,25). The van der Waals surface area contributed by atoms with E-state index < -0.39 is 17.9 Å². The maximum atomic E-state index is 12.8. The van der Waals surface area contributed by atoms with Gasteiger partial charge >= 0.3 is 5.97 Å². The first-order chi connectivity index (χ1) is 12.9. The van der Waals surface area contributed by atoms with Gasteiger partial charge in [0.05, 0.1) is 13.2 Å². The van der Waals surface area contributed by atoms with Crippen molar-refractivity contribution >= 4 is 17.8 Å². The van der Waals surface area contributed by atoms with Crippen molar-refractivity contribution in [2.75, 3.05) is 26.3 Å². The van der Waals surface area contributed by atoms with E-state index >= 15 is 0 Å². The molecule has 0 aromatic heterocycles. The van der Waals surface area contributed by atoms with Gasteiger partial charge in [0.2, 0.25) is 5.91 Å².